The maximum Gasteiger partial charge on any atom is 0.261 e. The molecule has 7 heteroatoms. The fourth-order valence-electron chi connectivity index (χ4n) is 2.21. The zero-order valence-electron chi connectivity index (χ0n) is 12.2. The van der Waals surface area contributed by atoms with Crippen LogP contribution in [0.25, 0.3) is 0 Å². The highest BCUT2D eigenvalue weighted by Gasteiger charge is 2.22. The summed E-state index contributed by atoms with van der Waals surface area (Å²) >= 11 is 5.78. The van der Waals surface area contributed by atoms with Gasteiger partial charge < -0.3 is 4.90 Å². The van der Waals surface area contributed by atoms with Crippen LogP contribution in [-0.4, -0.2) is 32.3 Å². The number of hydrogen-bond donors (Lipinski definition) is 1. The molecule has 0 saturated carbocycles. The maximum absolute atomic E-state index is 12.3. The molecule has 5 nitrogen and oxygen atoms in total. The van der Waals surface area contributed by atoms with Crippen LogP contribution >= 0.6 is 11.6 Å². The predicted octanol–water partition coefficient (Wildman–Crippen LogP) is 2.99. The molecule has 0 bridgehead atoms. The minimum Gasteiger partial charge on any atom is -0.339 e. The van der Waals surface area contributed by atoms with Crippen LogP contribution in [0.3, 0.4) is 0 Å². The van der Waals surface area contributed by atoms with Crippen molar-refractivity contribution in [2.45, 2.75) is 11.3 Å². The number of rotatable bonds is 4. The molecule has 1 aliphatic rings. The third-order valence-corrected chi connectivity index (χ3v) is 5.30. The van der Waals surface area contributed by atoms with Crippen LogP contribution in [-0.2, 0) is 10.0 Å². The summed E-state index contributed by atoms with van der Waals surface area (Å²) in [6.07, 6.45) is 1.02. The number of hydrogen-bond acceptors (Lipinski definition) is 3. The van der Waals surface area contributed by atoms with Gasteiger partial charge >= 0.3 is 0 Å². The largest absolute Gasteiger partial charge is 0.339 e. The first-order valence-electron chi connectivity index (χ1n) is 7.13. The number of anilines is 1. The average Bonchev–Trinajstić information content (AvgIpc) is 2.48. The first kappa shape index (κ1) is 15.8. The fraction of sp³-hybridized carbons (Fsp3) is 0.188. The Morgan fingerprint density at radius 2 is 1.61 bits per heavy atom. The van der Waals surface area contributed by atoms with Crippen molar-refractivity contribution in [2.75, 3.05) is 17.8 Å². The van der Waals surface area contributed by atoms with Gasteiger partial charge in [0.2, 0.25) is 0 Å². The van der Waals surface area contributed by atoms with Crippen molar-refractivity contribution < 1.29 is 13.2 Å². The lowest BCUT2D eigenvalue weighted by atomic mass is 10.1. The highest BCUT2D eigenvalue weighted by molar-refractivity contribution is 7.92. The summed E-state index contributed by atoms with van der Waals surface area (Å²) in [6, 6.07) is 12.3. The van der Waals surface area contributed by atoms with E-state index < -0.39 is 10.0 Å². The molecule has 0 aromatic heterocycles. The molecule has 120 valence electrons. The zero-order chi connectivity index (χ0) is 16.4. The molecule has 1 N–H and O–H groups in total. The standard InChI is InChI=1S/C16H15ClN2O3S/c17-13-4-6-14(7-5-13)18-23(21,22)15-8-2-12(3-9-15)16(20)19-10-1-11-19/h2-9,18H,1,10-11H2. The van der Waals surface area contributed by atoms with E-state index in [0.717, 1.165) is 19.5 Å². The smallest absolute Gasteiger partial charge is 0.261 e. The SMILES string of the molecule is O=C(c1ccc(S(=O)(=O)Nc2ccc(Cl)cc2)cc1)N1CCC1. The van der Waals surface area contributed by atoms with Gasteiger partial charge in [-0.3, -0.25) is 9.52 Å². The number of amides is 1. The number of benzene rings is 2. The van der Waals surface area contributed by atoms with Gasteiger partial charge in [-0.05, 0) is 55.0 Å². The summed E-state index contributed by atoms with van der Waals surface area (Å²) < 4.78 is 27.1. The molecule has 1 saturated heterocycles. The van der Waals surface area contributed by atoms with Crippen molar-refractivity contribution in [3.63, 3.8) is 0 Å². The Bertz CT molecular complexity index is 813. The summed E-state index contributed by atoms with van der Waals surface area (Å²) in [5, 5.41) is 0.529. The van der Waals surface area contributed by atoms with E-state index in [9.17, 15) is 13.2 Å². The second-order valence-corrected chi connectivity index (χ2v) is 7.40. The van der Waals surface area contributed by atoms with Crippen LogP contribution in [0.15, 0.2) is 53.4 Å². The second-order valence-electron chi connectivity index (χ2n) is 5.28. The van der Waals surface area contributed by atoms with Gasteiger partial charge in [0.25, 0.3) is 15.9 Å². The monoisotopic (exact) mass is 350 g/mol. The van der Waals surface area contributed by atoms with Gasteiger partial charge in [0, 0.05) is 29.4 Å². The van der Waals surface area contributed by atoms with Crippen LogP contribution in [0.4, 0.5) is 5.69 Å². The van der Waals surface area contributed by atoms with E-state index >= 15 is 0 Å². The van der Waals surface area contributed by atoms with Crippen LogP contribution in [0.1, 0.15) is 16.8 Å². The van der Waals surface area contributed by atoms with Crippen molar-refractivity contribution in [3.8, 4) is 0 Å². The number of likely N-dealkylation sites (tertiary alicyclic amines) is 1. The van der Waals surface area contributed by atoms with Gasteiger partial charge in [0.05, 0.1) is 4.90 Å². The van der Waals surface area contributed by atoms with E-state index in [-0.39, 0.29) is 10.8 Å². The first-order chi connectivity index (χ1) is 11.0. The number of carbonyl (C=O) groups is 1. The highest BCUT2D eigenvalue weighted by Crippen LogP contribution is 2.20. The molecular weight excluding hydrogens is 336 g/mol. The quantitative estimate of drug-likeness (QED) is 0.921. The Labute approximate surface area is 139 Å². The fourth-order valence-corrected chi connectivity index (χ4v) is 3.40. The minimum absolute atomic E-state index is 0.0640. The van der Waals surface area contributed by atoms with E-state index in [1.807, 2.05) is 0 Å². The summed E-state index contributed by atoms with van der Waals surface area (Å²) in [4.78, 5) is 13.9. The third-order valence-electron chi connectivity index (χ3n) is 3.65. The van der Waals surface area contributed by atoms with Gasteiger partial charge in [0.15, 0.2) is 0 Å². The molecule has 1 fully saturated rings. The summed E-state index contributed by atoms with van der Waals surface area (Å²) in [5.74, 6) is -0.0640. The Balaban J connectivity index is 1.77. The molecule has 0 radical (unpaired) electrons. The summed E-state index contributed by atoms with van der Waals surface area (Å²) in [5.41, 5.74) is 0.922. The maximum atomic E-state index is 12.3. The van der Waals surface area contributed by atoms with Crippen LogP contribution < -0.4 is 4.72 Å². The van der Waals surface area contributed by atoms with Crippen molar-refractivity contribution in [1.29, 1.82) is 0 Å². The Morgan fingerprint density at radius 1 is 1.00 bits per heavy atom. The zero-order valence-corrected chi connectivity index (χ0v) is 13.8. The third kappa shape index (κ3) is 3.48. The van der Waals surface area contributed by atoms with Crippen molar-refractivity contribution in [2.24, 2.45) is 0 Å². The number of carbonyl (C=O) groups excluding carboxylic acids is 1. The van der Waals surface area contributed by atoms with E-state index in [4.69, 9.17) is 11.6 Å². The molecule has 0 atom stereocenters. The topological polar surface area (TPSA) is 66.5 Å². The molecule has 23 heavy (non-hydrogen) atoms. The number of nitrogens with one attached hydrogen (secondary N) is 1. The number of halogens is 1. The molecular formula is C16H15ClN2O3S. The first-order valence-corrected chi connectivity index (χ1v) is 8.99. The van der Waals surface area contributed by atoms with E-state index in [0.29, 0.717) is 16.3 Å². The summed E-state index contributed by atoms with van der Waals surface area (Å²) in [6.45, 7) is 1.52. The molecule has 1 heterocycles. The van der Waals surface area contributed by atoms with Gasteiger partial charge in [-0.15, -0.1) is 0 Å². The normalized spacial score (nSPS) is 14.2. The van der Waals surface area contributed by atoms with E-state index in [1.54, 1.807) is 29.2 Å². The molecule has 0 aliphatic carbocycles. The van der Waals surface area contributed by atoms with Crippen LogP contribution in [0.5, 0.6) is 0 Å². The van der Waals surface area contributed by atoms with Crippen molar-refractivity contribution in [1.82, 2.24) is 4.90 Å². The molecule has 3 rings (SSSR count). The lowest BCUT2D eigenvalue weighted by Gasteiger charge is -2.30. The molecule has 0 unspecified atom stereocenters. The minimum atomic E-state index is -3.70. The molecule has 1 aliphatic heterocycles. The van der Waals surface area contributed by atoms with Gasteiger partial charge in [-0.1, -0.05) is 11.6 Å². The van der Waals surface area contributed by atoms with Crippen LogP contribution in [0, 0.1) is 0 Å². The highest BCUT2D eigenvalue weighted by atomic mass is 35.5. The lowest BCUT2D eigenvalue weighted by Crippen LogP contribution is -2.42. The molecule has 0 spiro atoms. The molecule has 1 amide bonds. The molecule has 2 aromatic carbocycles. The van der Waals surface area contributed by atoms with Gasteiger partial charge in [0.1, 0.15) is 0 Å². The Morgan fingerprint density at radius 3 is 2.13 bits per heavy atom. The van der Waals surface area contributed by atoms with Crippen molar-refractivity contribution >= 4 is 33.2 Å². The molecule has 2 aromatic rings. The Kier molecular flexibility index (Phi) is 4.28. The predicted molar refractivity (Wildman–Crippen MR) is 89.2 cm³/mol. The van der Waals surface area contributed by atoms with Crippen LogP contribution in [0.2, 0.25) is 5.02 Å². The van der Waals surface area contributed by atoms with Crippen molar-refractivity contribution in [3.05, 3.63) is 59.1 Å². The number of sulfonamides is 1. The lowest BCUT2D eigenvalue weighted by molar-refractivity contribution is 0.0651. The number of nitrogens with zero attached hydrogens (tertiary/aromatic N) is 1. The van der Waals surface area contributed by atoms with E-state index in [2.05, 4.69) is 4.72 Å². The average molecular weight is 351 g/mol. The van der Waals surface area contributed by atoms with Gasteiger partial charge in [-0.25, -0.2) is 8.42 Å². The second kappa shape index (κ2) is 6.22. The summed E-state index contributed by atoms with van der Waals surface area (Å²) in [7, 11) is -3.70. The van der Waals surface area contributed by atoms with Gasteiger partial charge in [-0.2, -0.15) is 0 Å². The Hall–Kier alpha value is -2.05. The van der Waals surface area contributed by atoms with E-state index in [1.165, 1.54) is 24.3 Å².